The average Bonchev–Trinajstić information content (AvgIpc) is 3.48. The van der Waals surface area contributed by atoms with Gasteiger partial charge in [-0.2, -0.15) is 0 Å². The fourth-order valence-electron chi connectivity index (χ4n) is 3.54. The lowest BCUT2D eigenvalue weighted by atomic mass is 10.0. The molecule has 132 valence electrons. The third-order valence-corrected chi connectivity index (χ3v) is 5.41. The lowest BCUT2D eigenvalue weighted by molar-refractivity contribution is 0.379. The van der Waals surface area contributed by atoms with Crippen molar-refractivity contribution in [2.75, 3.05) is 34.9 Å². The molecule has 0 aliphatic heterocycles. The van der Waals surface area contributed by atoms with Crippen molar-refractivity contribution in [3.8, 4) is 11.5 Å². The van der Waals surface area contributed by atoms with E-state index in [1.165, 1.54) is 25.7 Å². The monoisotopic (exact) mass is 331 g/mol. The smallest absolute Gasteiger partial charge is 0.193 e. The van der Waals surface area contributed by atoms with Gasteiger partial charge in [0.2, 0.25) is 0 Å². The molecule has 3 rings (SSSR count). The maximum absolute atomic E-state index is 5.50. The first-order chi connectivity index (χ1) is 11.6. The summed E-state index contributed by atoms with van der Waals surface area (Å²) >= 11 is 0. The van der Waals surface area contributed by atoms with E-state index >= 15 is 0 Å². The molecule has 0 unspecified atom stereocenters. The number of guanidine groups is 1. The van der Waals surface area contributed by atoms with Crippen LogP contribution in [0.3, 0.4) is 0 Å². The van der Waals surface area contributed by atoms with Crippen LogP contribution in [-0.4, -0.2) is 45.7 Å². The van der Waals surface area contributed by atoms with Gasteiger partial charge in [-0.25, -0.2) is 0 Å². The van der Waals surface area contributed by atoms with Crippen LogP contribution in [-0.2, 0) is 6.54 Å². The minimum Gasteiger partial charge on any atom is -0.497 e. The van der Waals surface area contributed by atoms with Crippen LogP contribution in [0.4, 0.5) is 0 Å². The van der Waals surface area contributed by atoms with Crippen LogP contribution in [0.5, 0.6) is 11.5 Å². The van der Waals surface area contributed by atoms with E-state index in [1.807, 2.05) is 25.2 Å². The molecule has 0 amide bonds. The summed E-state index contributed by atoms with van der Waals surface area (Å²) in [5.41, 5.74) is 1.68. The number of hydrogen-bond donors (Lipinski definition) is 1. The van der Waals surface area contributed by atoms with Crippen LogP contribution in [0.15, 0.2) is 23.2 Å². The topological polar surface area (TPSA) is 46.1 Å². The Bertz CT molecular complexity index is 607. The second kappa shape index (κ2) is 6.91. The Hall–Kier alpha value is -1.91. The first-order valence-electron chi connectivity index (χ1n) is 8.74. The SMILES string of the molecule is CN=C(NCC1(C2CC2)CC1)N(C)Cc1ccc(OC)cc1OC. The summed E-state index contributed by atoms with van der Waals surface area (Å²) in [6.45, 7) is 1.79. The standard InChI is InChI=1S/C19H29N3O2/c1-20-18(21-13-19(9-10-19)15-6-7-15)22(2)12-14-5-8-16(23-3)11-17(14)24-4/h5,8,11,15H,6-7,9-10,12-13H2,1-4H3,(H,20,21). The molecule has 2 saturated carbocycles. The molecule has 2 aliphatic rings. The Balaban J connectivity index is 1.61. The zero-order valence-electron chi connectivity index (χ0n) is 15.3. The van der Waals surface area contributed by atoms with Gasteiger partial charge in [-0.15, -0.1) is 0 Å². The van der Waals surface area contributed by atoms with Crippen LogP contribution in [0.25, 0.3) is 0 Å². The van der Waals surface area contributed by atoms with Crippen LogP contribution in [0.1, 0.15) is 31.2 Å². The second-order valence-electron chi connectivity index (χ2n) is 7.07. The number of ether oxygens (including phenoxy) is 2. The van der Waals surface area contributed by atoms with E-state index in [9.17, 15) is 0 Å². The van der Waals surface area contributed by atoms with Crippen molar-refractivity contribution in [2.24, 2.45) is 16.3 Å². The predicted octanol–water partition coefficient (Wildman–Crippen LogP) is 2.90. The molecule has 5 nitrogen and oxygen atoms in total. The summed E-state index contributed by atoms with van der Waals surface area (Å²) < 4.78 is 10.8. The molecule has 0 bridgehead atoms. The van der Waals surface area contributed by atoms with Crippen molar-refractivity contribution < 1.29 is 9.47 Å². The highest BCUT2D eigenvalue weighted by molar-refractivity contribution is 5.79. The zero-order chi connectivity index (χ0) is 17.2. The Morgan fingerprint density at radius 2 is 2.04 bits per heavy atom. The van der Waals surface area contributed by atoms with Crippen molar-refractivity contribution in [2.45, 2.75) is 32.2 Å². The average molecular weight is 331 g/mol. The van der Waals surface area contributed by atoms with Gasteiger partial charge in [0.1, 0.15) is 11.5 Å². The lowest BCUT2D eigenvalue weighted by Gasteiger charge is -2.25. The van der Waals surface area contributed by atoms with Gasteiger partial charge < -0.3 is 19.7 Å². The highest BCUT2D eigenvalue weighted by atomic mass is 16.5. The Labute approximate surface area is 145 Å². The van der Waals surface area contributed by atoms with Crippen molar-refractivity contribution in [3.63, 3.8) is 0 Å². The van der Waals surface area contributed by atoms with E-state index in [4.69, 9.17) is 9.47 Å². The molecule has 1 N–H and O–H groups in total. The number of aliphatic imine (C=N–C) groups is 1. The summed E-state index contributed by atoms with van der Waals surface area (Å²) in [5.74, 6) is 3.55. The molecule has 2 aliphatic carbocycles. The number of rotatable bonds is 7. The molecule has 1 aromatic carbocycles. The third kappa shape index (κ3) is 3.60. The number of nitrogens with one attached hydrogen (secondary N) is 1. The highest BCUT2D eigenvalue weighted by Crippen LogP contribution is 2.60. The fraction of sp³-hybridized carbons (Fsp3) is 0.632. The molecule has 24 heavy (non-hydrogen) atoms. The maximum atomic E-state index is 5.50. The predicted molar refractivity (Wildman–Crippen MR) is 96.8 cm³/mol. The lowest BCUT2D eigenvalue weighted by Crippen LogP contribution is -2.41. The zero-order valence-corrected chi connectivity index (χ0v) is 15.3. The summed E-state index contributed by atoms with van der Waals surface area (Å²) in [7, 11) is 7.27. The molecule has 0 aromatic heterocycles. The molecule has 1 aromatic rings. The molecule has 0 spiro atoms. The van der Waals surface area contributed by atoms with Gasteiger partial charge in [-0.1, -0.05) is 0 Å². The molecule has 2 fully saturated rings. The third-order valence-electron chi connectivity index (χ3n) is 5.41. The van der Waals surface area contributed by atoms with Gasteiger partial charge in [-0.3, -0.25) is 4.99 Å². The maximum Gasteiger partial charge on any atom is 0.193 e. The Morgan fingerprint density at radius 1 is 1.29 bits per heavy atom. The summed E-state index contributed by atoms with van der Waals surface area (Å²) in [5, 5.41) is 3.58. The van der Waals surface area contributed by atoms with Gasteiger partial charge in [0.15, 0.2) is 5.96 Å². The van der Waals surface area contributed by atoms with E-state index in [1.54, 1.807) is 14.2 Å². The molecular formula is C19H29N3O2. The number of hydrogen-bond acceptors (Lipinski definition) is 3. The molecule has 0 saturated heterocycles. The first kappa shape index (κ1) is 16.9. The Kier molecular flexibility index (Phi) is 4.88. The molecular weight excluding hydrogens is 302 g/mol. The number of benzene rings is 1. The molecule has 0 heterocycles. The summed E-state index contributed by atoms with van der Waals surface area (Å²) in [6, 6.07) is 5.94. The van der Waals surface area contributed by atoms with Crippen molar-refractivity contribution in [1.82, 2.24) is 10.2 Å². The summed E-state index contributed by atoms with van der Waals surface area (Å²) in [4.78, 5) is 6.60. The van der Waals surface area contributed by atoms with Crippen LogP contribution in [0.2, 0.25) is 0 Å². The largest absolute Gasteiger partial charge is 0.497 e. The second-order valence-corrected chi connectivity index (χ2v) is 7.07. The highest BCUT2D eigenvalue weighted by Gasteiger charge is 2.53. The van der Waals surface area contributed by atoms with E-state index in [0.29, 0.717) is 5.41 Å². The summed E-state index contributed by atoms with van der Waals surface area (Å²) in [6.07, 6.45) is 5.58. The van der Waals surface area contributed by atoms with Crippen LogP contribution in [0, 0.1) is 11.3 Å². The number of nitrogens with zero attached hydrogens (tertiary/aromatic N) is 2. The Morgan fingerprint density at radius 3 is 2.58 bits per heavy atom. The van der Waals surface area contributed by atoms with Gasteiger partial charge in [0.05, 0.1) is 14.2 Å². The fourth-order valence-corrected chi connectivity index (χ4v) is 3.54. The van der Waals surface area contributed by atoms with Gasteiger partial charge in [-0.05, 0) is 49.1 Å². The van der Waals surface area contributed by atoms with Crippen LogP contribution < -0.4 is 14.8 Å². The number of methoxy groups -OCH3 is 2. The minimum atomic E-state index is 0.564. The van der Waals surface area contributed by atoms with E-state index < -0.39 is 0 Å². The quantitative estimate of drug-likeness (QED) is 0.616. The minimum absolute atomic E-state index is 0.564. The molecule has 5 heteroatoms. The van der Waals surface area contributed by atoms with Gasteiger partial charge >= 0.3 is 0 Å². The van der Waals surface area contributed by atoms with Gasteiger partial charge in [0.25, 0.3) is 0 Å². The van der Waals surface area contributed by atoms with Crippen LogP contribution >= 0.6 is 0 Å². The normalized spacial score (nSPS) is 18.9. The van der Waals surface area contributed by atoms with E-state index in [2.05, 4.69) is 22.3 Å². The van der Waals surface area contributed by atoms with E-state index in [-0.39, 0.29) is 0 Å². The van der Waals surface area contributed by atoms with Crippen molar-refractivity contribution in [1.29, 1.82) is 0 Å². The first-order valence-corrected chi connectivity index (χ1v) is 8.74. The van der Waals surface area contributed by atoms with Crippen molar-refractivity contribution in [3.05, 3.63) is 23.8 Å². The molecule has 0 atom stereocenters. The van der Waals surface area contributed by atoms with Crippen molar-refractivity contribution >= 4 is 5.96 Å². The van der Waals surface area contributed by atoms with Gasteiger partial charge in [0, 0.05) is 38.8 Å². The van der Waals surface area contributed by atoms with E-state index in [0.717, 1.165) is 42.0 Å². The molecule has 0 radical (unpaired) electrons.